The van der Waals surface area contributed by atoms with Gasteiger partial charge in [-0.25, -0.2) is 5.26 Å². The third-order valence-corrected chi connectivity index (χ3v) is 2.02. The predicted octanol–water partition coefficient (Wildman–Crippen LogP) is 3.17. The zero-order valence-corrected chi connectivity index (χ0v) is 8.71. The van der Waals surface area contributed by atoms with E-state index in [-0.39, 0.29) is 27.3 Å². The van der Waals surface area contributed by atoms with Crippen LogP contribution >= 0.6 is 23.2 Å². The van der Waals surface area contributed by atoms with Crippen LogP contribution in [0.5, 0.6) is 5.75 Å². The molecule has 0 aliphatic rings. The molecular formula is C9H3Cl2N3O. The van der Waals surface area contributed by atoms with Gasteiger partial charge in [-0.15, -0.1) is 4.99 Å². The fourth-order valence-electron chi connectivity index (χ4n) is 0.814. The predicted molar refractivity (Wildman–Crippen MR) is 57.4 cm³/mol. The van der Waals surface area contributed by atoms with Crippen molar-refractivity contribution in [3.8, 4) is 11.8 Å². The van der Waals surface area contributed by atoms with E-state index in [2.05, 4.69) is 9.84 Å². The first kappa shape index (κ1) is 11.3. The Morgan fingerprint density at radius 3 is 2.40 bits per heavy atom. The van der Waals surface area contributed by atoms with Crippen LogP contribution < -0.4 is 0 Å². The molecule has 0 bridgehead atoms. The maximum atomic E-state index is 9.24. The summed E-state index contributed by atoms with van der Waals surface area (Å²) < 4.78 is 0. The Labute approximate surface area is 95.8 Å². The van der Waals surface area contributed by atoms with Gasteiger partial charge in [0.05, 0.1) is 10.0 Å². The zero-order valence-electron chi connectivity index (χ0n) is 7.20. The number of phenols is 1. The van der Waals surface area contributed by atoms with E-state index >= 15 is 0 Å². The van der Waals surface area contributed by atoms with Gasteiger partial charge in [-0.1, -0.05) is 29.8 Å². The third kappa shape index (κ3) is 2.60. The first-order valence-electron chi connectivity index (χ1n) is 3.62. The minimum Gasteiger partial charge on any atom is -0.505 e. The van der Waals surface area contributed by atoms with Gasteiger partial charge >= 0.3 is 5.84 Å². The van der Waals surface area contributed by atoms with Crippen molar-refractivity contribution in [3.05, 3.63) is 33.6 Å². The molecule has 0 aliphatic carbocycles. The number of amidine groups is 1. The lowest BCUT2D eigenvalue weighted by molar-refractivity contribution is 0.476. The second kappa shape index (κ2) is 4.65. The number of nitriles is 1. The molecule has 4 nitrogen and oxygen atoms in total. The SMILES string of the molecule is [C-]#[N+]C(C#N)=Nc1cc(Cl)c(O)c(Cl)c1. The zero-order chi connectivity index (χ0) is 11.4. The minimum absolute atomic E-state index is 0.0171. The summed E-state index contributed by atoms with van der Waals surface area (Å²) in [6.07, 6.45) is 0. The Morgan fingerprint density at radius 2 is 2.00 bits per heavy atom. The van der Waals surface area contributed by atoms with Crippen molar-refractivity contribution in [1.82, 2.24) is 0 Å². The number of aliphatic imine (C=N–C) groups is 1. The van der Waals surface area contributed by atoms with Crippen LogP contribution in [0, 0.1) is 17.9 Å². The summed E-state index contributed by atoms with van der Waals surface area (Å²) in [6, 6.07) is 4.22. The summed E-state index contributed by atoms with van der Waals surface area (Å²) in [6.45, 7) is 6.62. The van der Waals surface area contributed by atoms with E-state index in [9.17, 15) is 5.11 Å². The monoisotopic (exact) mass is 239 g/mol. The van der Waals surface area contributed by atoms with Gasteiger partial charge in [0.2, 0.25) is 0 Å². The van der Waals surface area contributed by atoms with Crippen molar-refractivity contribution in [2.75, 3.05) is 0 Å². The molecule has 0 saturated heterocycles. The number of rotatable bonds is 1. The minimum atomic E-state index is -0.326. The fraction of sp³-hybridized carbons (Fsp3) is 0. The smallest absolute Gasteiger partial charge is 0.349 e. The van der Waals surface area contributed by atoms with E-state index in [1.54, 1.807) is 6.07 Å². The van der Waals surface area contributed by atoms with Crippen LogP contribution in [-0.2, 0) is 0 Å². The van der Waals surface area contributed by atoms with E-state index in [1.807, 2.05) is 0 Å². The summed E-state index contributed by atoms with van der Waals surface area (Å²) in [5.41, 5.74) is 0.246. The van der Waals surface area contributed by atoms with E-state index < -0.39 is 0 Å². The molecule has 0 amide bonds. The van der Waals surface area contributed by atoms with Crippen molar-refractivity contribution in [1.29, 1.82) is 5.26 Å². The standard InChI is InChI=1S/C9H3Cl2N3O/c1-13-8(4-12)14-5-2-6(10)9(15)7(11)3-5/h2-3,15H. The average Bonchev–Trinajstić information content (AvgIpc) is 2.22. The summed E-state index contributed by atoms with van der Waals surface area (Å²) in [7, 11) is 0. The van der Waals surface area contributed by atoms with Gasteiger partial charge in [0.15, 0.2) is 11.4 Å². The van der Waals surface area contributed by atoms with Crippen LogP contribution in [0.3, 0.4) is 0 Å². The van der Waals surface area contributed by atoms with Crippen molar-refractivity contribution in [2.24, 2.45) is 4.99 Å². The molecular weight excluding hydrogens is 237 g/mol. The second-order valence-electron chi connectivity index (χ2n) is 2.42. The van der Waals surface area contributed by atoms with Gasteiger partial charge < -0.3 is 9.95 Å². The lowest BCUT2D eigenvalue weighted by Gasteiger charge is -1.98. The maximum absolute atomic E-state index is 9.24. The molecule has 0 aliphatic heterocycles. The summed E-state index contributed by atoms with van der Waals surface area (Å²) in [5, 5.41) is 17.7. The van der Waals surface area contributed by atoms with Crippen molar-refractivity contribution in [3.63, 3.8) is 0 Å². The van der Waals surface area contributed by atoms with Crippen molar-refractivity contribution >= 4 is 34.7 Å². The van der Waals surface area contributed by atoms with Gasteiger partial charge in [0, 0.05) is 12.1 Å². The lowest BCUT2D eigenvalue weighted by Crippen LogP contribution is -1.82. The number of nitrogens with zero attached hydrogens (tertiary/aromatic N) is 3. The van der Waals surface area contributed by atoms with Crippen LogP contribution in [0.25, 0.3) is 4.85 Å². The molecule has 1 aromatic rings. The Balaban J connectivity index is 3.26. The van der Waals surface area contributed by atoms with Crippen LogP contribution in [0.1, 0.15) is 0 Å². The highest BCUT2D eigenvalue weighted by atomic mass is 35.5. The summed E-state index contributed by atoms with van der Waals surface area (Å²) in [5.74, 6) is -0.577. The van der Waals surface area contributed by atoms with E-state index in [0.717, 1.165) is 0 Å². The van der Waals surface area contributed by atoms with Crippen LogP contribution in [0.4, 0.5) is 5.69 Å². The Kier molecular flexibility index (Phi) is 3.51. The average molecular weight is 240 g/mol. The second-order valence-corrected chi connectivity index (χ2v) is 3.23. The highest BCUT2D eigenvalue weighted by Crippen LogP contribution is 2.35. The third-order valence-electron chi connectivity index (χ3n) is 1.44. The number of benzene rings is 1. The molecule has 1 N–H and O–H groups in total. The van der Waals surface area contributed by atoms with Crippen LogP contribution in [0.2, 0.25) is 10.0 Å². The van der Waals surface area contributed by atoms with Gasteiger partial charge in [-0.3, -0.25) is 0 Å². The molecule has 6 heteroatoms. The Bertz CT molecular complexity index is 472. The van der Waals surface area contributed by atoms with Crippen molar-refractivity contribution < 1.29 is 5.11 Å². The molecule has 0 heterocycles. The first-order valence-corrected chi connectivity index (χ1v) is 4.38. The molecule has 1 aromatic carbocycles. The fourth-order valence-corrected chi connectivity index (χ4v) is 1.29. The van der Waals surface area contributed by atoms with Gasteiger partial charge in [0.25, 0.3) is 0 Å². The molecule has 0 atom stereocenters. The molecule has 0 unspecified atom stereocenters. The number of aromatic hydroxyl groups is 1. The lowest BCUT2D eigenvalue weighted by atomic mass is 10.3. The van der Waals surface area contributed by atoms with E-state index in [0.29, 0.717) is 0 Å². The van der Waals surface area contributed by atoms with E-state index in [4.69, 9.17) is 35.0 Å². The van der Waals surface area contributed by atoms with Crippen molar-refractivity contribution in [2.45, 2.75) is 0 Å². The molecule has 0 spiro atoms. The number of halogens is 2. The largest absolute Gasteiger partial charge is 0.505 e. The van der Waals surface area contributed by atoms with Crippen LogP contribution in [0.15, 0.2) is 17.1 Å². The summed E-state index contributed by atoms with van der Waals surface area (Å²) in [4.78, 5) is 6.55. The molecule has 0 radical (unpaired) electrons. The quantitative estimate of drug-likeness (QED) is 0.465. The topological polar surface area (TPSA) is 60.7 Å². The van der Waals surface area contributed by atoms with E-state index in [1.165, 1.54) is 12.1 Å². The van der Waals surface area contributed by atoms with Gasteiger partial charge in [-0.2, -0.15) is 0 Å². The molecule has 0 saturated carbocycles. The number of hydrogen-bond acceptors (Lipinski definition) is 3. The molecule has 0 fully saturated rings. The Morgan fingerprint density at radius 1 is 1.47 bits per heavy atom. The maximum Gasteiger partial charge on any atom is 0.349 e. The summed E-state index contributed by atoms with van der Waals surface area (Å²) >= 11 is 11.2. The van der Waals surface area contributed by atoms with Gasteiger partial charge in [0.1, 0.15) is 6.07 Å². The van der Waals surface area contributed by atoms with Crippen LogP contribution in [-0.4, -0.2) is 10.9 Å². The van der Waals surface area contributed by atoms with Gasteiger partial charge in [-0.05, 0) is 0 Å². The molecule has 74 valence electrons. The highest BCUT2D eigenvalue weighted by molar-refractivity contribution is 6.37. The number of hydrogen-bond donors (Lipinski definition) is 1. The molecule has 15 heavy (non-hydrogen) atoms. The molecule has 1 rings (SSSR count). The number of phenolic OH excluding ortho intramolecular Hbond substituents is 1. The first-order chi connectivity index (χ1) is 7.08. The molecule has 0 aromatic heterocycles. The Hall–Kier alpha value is -1.75. The normalized spacial score (nSPS) is 10.5. The highest BCUT2D eigenvalue weighted by Gasteiger charge is 2.09.